The number of alkyl halides is 3. The highest BCUT2D eigenvalue weighted by atomic mass is 19.4. The van der Waals surface area contributed by atoms with Crippen LogP contribution in [-0.4, -0.2) is 78.5 Å². The second-order valence-electron chi connectivity index (χ2n) is 8.04. The predicted octanol–water partition coefficient (Wildman–Crippen LogP) is 2.14. The van der Waals surface area contributed by atoms with E-state index >= 15 is 0 Å². The van der Waals surface area contributed by atoms with Crippen molar-refractivity contribution >= 4 is 17.8 Å². The monoisotopic (exact) mass is 466 g/mol. The van der Waals surface area contributed by atoms with E-state index in [4.69, 9.17) is 4.74 Å². The van der Waals surface area contributed by atoms with Crippen molar-refractivity contribution in [2.24, 2.45) is 0 Å². The summed E-state index contributed by atoms with van der Waals surface area (Å²) in [6.45, 7) is 4.06. The van der Waals surface area contributed by atoms with Gasteiger partial charge in [-0.1, -0.05) is 18.2 Å². The van der Waals surface area contributed by atoms with E-state index in [2.05, 4.69) is 5.32 Å². The highest BCUT2D eigenvalue weighted by molar-refractivity contribution is 6.01. The first-order valence-electron chi connectivity index (χ1n) is 10.8. The van der Waals surface area contributed by atoms with Gasteiger partial charge in [-0.3, -0.25) is 14.5 Å². The van der Waals surface area contributed by atoms with Gasteiger partial charge in [0.05, 0.1) is 42.6 Å². The molecule has 3 aliphatic rings. The maximum Gasteiger partial charge on any atom is 0.416 e. The molecule has 0 unspecified atom stereocenters. The average molecular weight is 466 g/mol. The second-order valence-corrected chi connectivity index (χ2v) is 8.04. The van der Waals surface area contributed by atoms with Crippen molar-refractivity contribution in [1.82, 2.24) is 20.0 Å². The van der Waals surface area contributed by atoms with E-state index in [0.717, 1.165) is 6.07 Å². The summed E-state index contributed by atoms with van der Waals surface area (Å²) in [6, 6.07) is 3.15. The van der Waals surface area contributed by atoms with Crippen LogP contribution in [0.2, 0.25) is 0 Å². The van der Waals surface area contributed by atoms with Crippen LogP contribution in [-0.2, 0) is 20.5 Å². The van der Waals surface area contributed by atoms with E-state index < -0.39 is 29.7 Å². The Labute approximate surface area is 188 Å². The number of nitrogens with one attached hydrogen (secondary N) is 1. The lowest BCUT2D eigenvalue weighted by Crippen LogP contribution is -2.47. The lowest BCUT2D eigenvalue weighted by Gasteiger charge is -2.33. The molecule has 1 aromatic carbocycles. The number of amides is 4. The first-order chi connectivity index (χ1) is 15.7. The molecule has 1 fully saturated rings. The summed E-state index contributed by atoms with van der Waals surface area (Å²) in [5.74, 6) is -0.586. The third kappa shape index (κ3) is 4.41. The van der Waals surface area contributed by atoms with Crippen LogP contribution in [0.5, 0.6) is 0 Å². The second kappa shape index (κ2) is 9.05. The summed E-state index contributed by atoms with van der Waals surface area (Å²) in [4.78, 5) is 43.0. The number of rotatable bonds is 5. The van der Waals surface area contributed by atoms with Gasteiger partial charge >= 0.3 is 12.2 Å². The van der Waals surface area contributed by atoms with Crippen LogP contribution in [0.3, 0.4) is 0 Å². The Morgan fingerprint density at radius 1 is 1.18 bits per heavy atom. The van der Waals surface area contributed by atoms with Crippen LogP contribution in [0.15, 0.2) is 35.5 Å². The third-order valence-electron chi connectivity index (χ3n) is 6.15. The highest BCUT2D eigenvalue weighted by Crippen LogP contribution is 2.41. The number of carbonyl (C=O) groups excluding carboxylic acids is 3. The predicted molar refractivity (Wildman–Crippen MR) is 111 cm³/mol. The Balaban J connectivity index is 1.60. The molecule has 4 amide bonds. The minimum atomic E-state index is -4.64. The van der Waals surface area contributed by atoms with E-state index in [9.17, 15) is 27.6 Å². The summed E-state index contributed by atoms with van der Waals surface area (Å²) < 4.78 is 46.2. The van der Waals surface area contributed by atoms with Gasteiger partial charge in [-0.15, -0.1) is 0 Å². The largest absolute Gasteiger partial charge is 0.416 e. The zero-order chi connectivity index (χ0) is 23.8. The van der Waals surface area contributed by atoms with Gasteiger partial charge in [-0.05, 0) is 18.6 Å². The molecule has 33 heavy (non-hydrogen) atoms. The van der Waals surface area contributed by atoms with Crippen molar-refractivity contribution in [3.63, 3.8) is 0 Å². The number of benzene rings is 1. The zero-order valence-corrected chi connectivity index (χ0v) is 18.2. The maximum absolute atomic E-state index is 13.7. The molecule has 1 N–H and O–H groups in total. The molecule has 1 aromatic rings. The lowest BCUT2D eigenvalue weighted by atomic mass is 9.91. The minimum Gasteiger partial charge on any atom is -0.378 e. The number of morpholine rings is 1. The molecule has 11 heteroatoms. The summed E-state index contributed by atoms with van der Waals surface area (Å²) >= 11 is 0. The van der Waals surface area contributed by atoms with Crippen molar-refractivity contribution in [3.05, 3.63) is 46.7 Å². The van der Waals surface area contributed by atoms with Crippen LogP contribution >= 0.6 is 0 Å². The number of ether oxygens (including phenoxy) is 1. The molecule has 3 aliphatic heterocycles. The SMILES string of the molecule is CCN1C(=O)N[C@@H](c2ccccc2C(F)(F)F)C2=C1CN(CCC(=O)N1CCOCC1)C2=O. The number of halogens is 3. The van der Waals surface area contributed by atoms with Gasteiger partial charge in [0.1, 0.15) is 0 Å². The molecular formula is C22H25F3N4O4. The van der Waals surface area contributed by atoms with Gasteiger partial charge in [-0.25, -0.2) is 4.79 Å². The van der Waals surface area contributed by atoms with Crippen LogP contribution in [0.4, 0.5) is 18.0 Å². The number of urea groups is 1. The number of hydrogen-bond acceptors (Lipinski definition) is 4. The number of likely N-dealkylation sites (N-methyl/N-ethyl adjacent to an activating group) is 1. The average Bonchev–Trinajstić information content (AvgIpc) is 3.13. The molecule has 3 heterocycles. The number of carbonyl (C=O) groups is 3. The van der Waals surface area contributed by atoms with E-state index in [0.29, 0.717) is 32.0 Å². The van der Waals surface area contributed by atoms with Crippen LogP contribution in [0.1, 0.15) is 30.5 Å². The topological polar surface area (TPSA) is 82.2 Å². The van der Waals surface area contributed by atoms with Gasteiger partial charge in [0.25, 0.3) is 5.91 Å². The molecule has 8 nitrogen and oxygen atoms in total. The van der Waals surface area contributed by atoms with Gasteiger partial charge < -0.3 is 19.9 Å². The fraction of sp³-hybridized carbons (Fsp3) is 0.500. The molecule has 0 radical (unpaired) electrons. The van der Waals surface area contributed by atoms with Crippen LogP contribution in [0.25, 0.3) is 0 Å². The summed E-state index contributed by atoms with van der Waals surface area (Å²) in [6.07, 6.45) is -4.56. The Bertz CT molecular complexity index is 988. The Morgan fingerprint density at radius 3 is 2.55 bits per heavy atom. The molecule has 0 bridgehead atoms. The first kappa shape index (κ1) is 23.1. The molecule has 0 aliphatic carbocycles. The quantitative estimate of drug-likeness (QED) is 0.721. The molecule has 178 valence electrons. The van der Waals surface area contributed by atoms with Crippen molar-refractivity contribution in [1.29, 1.82) is 0 Å². The van der Waals surface area contributed by atoms with Crippen molar-refractivity contribution in [3.8, 4) is 0 Å². The van der Waals surface area contributed by atoms with Gasteiger partial charge in [-0.2, -0.15) is 13.2 Å². The Hall–Kier alpha value is -3.08. The summed E-state index contributed by atoms with van der Waals surface area (Å²) in [5.41, 5.74) is -0.582. The first-order valence-corrected chi connectivity index (χ1v) is 10.8. The lowest BCUT2D eigenvalue weighted by molar-refractivity contribution is -0.139. The zero-order valence-electron chi connectivity index (χ0n) is 18.2. The van der Waals surface area contributed by atoms with Crippen molar-refractivity contribution in [2.45, 2.75) is 25.6 Å². The molecular weight excluding hydrogens is 441 g/mol. The highest BCUT2D eigenvalue weighted by Gasteiger charge is 2.46. The number of nitrogens with zero attached hydrogens (tertiary/aromatic N) is 3. The molecule has 4 rings (SSSR count). The third-order valence-corrected chi connectivity index (χ3v) is 6.15. The van der Waals surface area contributed by atoms with Crippen molar-refractivity contribution < 1.29 is 32.3 Å². The Morgan fingerprint density at radius 2 is 1.88 bits per heavy atom. The van der Waals surface area contributed by atoms with Gasteiger partial charge in [0.15, 0.2) is 0 Å². The van der Waals surface area contributed by atoms with Gasteiger partial charge in [0, 0.05) is 32.6 Å². The van der Waals surface area contributed by atoms with Crippen LogP contribution < -0.4 is 5.32 Å². The minimum absolute atomic E-state index is 0.0660. The van der Waals surface area contributed by atoms with E-state index in [1.165, 1.54) is 28.0 Å². The van der Waals surface area contributed by atoms with Crippen molar-refractivity contribution in [2.75, 3.05) is 45.9 Å². The van der Waals surface area contributed by atoms with E-state index in [1.807, 2.05) is 0 Å². The number of hydrogen-bond donors (Lipinski definition) is 1. The standard InChI is InChI=1S/C22H25F3N4O4/c1-2-29-16-13-28(8-7-17(30)27-9-11-33-12-10-27)20(31)18(16)19(26-21(29)32)14-5-3-4-6-15(14)22(23,24)25/h3-6,19H,2,7-13H2,1H3,(H,26,32)/t19-/m0/s1. The summed E-state index contributed by atoms with van der Waals surface area (Å²) in [5, 5.41) is 2.58. The normalized spacial score (nSPS) is 21.5. The van der Waals surface area contributed by atoms with E-state index in [-0.39, 0.29) is 43.1 Å². The maximum atomic E-state index is 13.7. The summed E-state index contributed by atoms with van der Waals surface area (Å²) in [7, 11) is 0. The molecule has 0 saturated carbocycles. The fourth-order valence-corrected chi connectivity index (χ4v) is 4.51. The fourth-order valence-electron chi connectivity index (χ4n) is 4.51. The van der Waals surface area contributed by atoms with Gasteiger partial charge in [0.2, 0.25) is 5.91 Å². The Kier molecular flexibility index (Phi) is 6.33. The molecule has 0 aromatic heterocycles. The smallest absolute Gasteiger partial charge is 0.378 e. The molecule has 1 atom stereocenters. The molecule has 1 saturated heterocycles. The van der Waals surface area contributed by atoms with Crippen LogP contribution in [0, 0.1) is 0 Å². The van der Waals surface area contributed by atoms with E-state index in [1.54, 1.807) is 11.8 Å². The molecule has 0 spiro atoms.